The third-order valence-electron chi connectivity index (χ3n) is 2.25. The number of carbonyl (C=O) groups is 2. The average Bonchev–Trinajstić information content (AvgIpc) is 2.65. The molecule has 1 rings (SSSR count). The van der Waals surface area contributed by atoms with Gasteiger partial charge >= 0.3 is 11.9 Å². The summed E-state index contributed by atoms with van der Waals surface area (Å²) in [6.07, 6.45) is 0. The Hall–Kier alpha value is -1.98. The van der Waals surface area contributed by atoms with Crippen LogP contribution in [0.15, 0.2) is 4.42 Å². The van der Waals surface area contributed by atoms with Crippen LogP contribution < -0.4 is 4.90 Å². The molecule has 0 saturated carbocycles. The second kappa shape index (κ2) is 4.90. The molecule has 0 aliphatic rings. The van der Waals surface area contributed by atoms with Crippen LogP contribution in [0.1, 0.15) is 26.5 Å². The first-order valence-electron chi connectivity index (χ1n) is 4.91. The molecule has 1 aromatic heterocycles. The van der Waals surface area contributed by atoms with Gasteiger partial charge in [0.25, 0.3) is 0 Å². The summed E-state index contributed by atoms with van der Waals surface area (Å²) in [4.78, 5) is 24.9. The molecule has 17 heavy (non-hydrogen) atoms. The molecule has 0 N–H and O–H groups in total. The third-order valence-corrected chi connectivity index (χ3v) is 2.25. The summed E-state index contributed by atoms with van der Waals surface area (Å²) in [7, 11) is 5.88. The van der Waals surface area contributed by atoms with Gasteiger partial charge in [0.1, 0.15) is 16.9 Å². The Morgan fingerprint density at radius 2 is 1.53 bits per heavy atom. The zero-order valence-electron chi connectivity index (χ0n) is 10.5. The molecule has 0 aromatic carbocycles. The molecule has 0 aliphatic heterocycles. The number of carbonyl (C=O) groups excluding carboxylic acids is 2. The Bertz CT molecular complexity index is 447. The fourth-order valence-corrected chi connectivity index (χ4v) is 1.48. The summed E-state index contributed by atoms with van der Waals surface area (Å²) in [5.74, 6) is -0.665. The Morgan fingerprint density at radius 3 is 1.94 bits per heavy atom. The van der Waals surface area contributed by atoms with Crippen LogP contribution in [0.3, 0.4) is 0 Å². The zero-order chi connectivity index (χ0) is 13.2. The summed E-state index contributed by atoms with van der Waals surface area (Å²) in [5.41, 5.74) is 0.185. The zero-order valence-corrected chi connectivity index (χ0v) is 10.5. The molecule has 6 heteroatoms. The van der Waals surface area contributed by atoms with Crippen LogP contribution in [-0.2, 0) is 9.47 Å². The van der Waals surface area contributed by atoms with E-state index in [1.165, 1.54) is 14.2 Å². The van der Waals surface area contributed by atoms with Crippen LogP contribution in [0.5, 0.6) is 0 Å². The fourth-order valence-electron chi connectivity index (χ4n) is 1.48. The first kappa shape index (κ1) is 13.1. The normalized spacial score (nSPS) is 9.94. The van der Waals surface area contributed by atoms with E-state index in [-0.39, 0.29) is 17.0 Å². The minimum Gasteiger partial charge on any atom is -0.465 e. The van der Waals surface area contributed by atoms with Crippen molar-refractivity contribution in [2.75, 3.05) is 33.2 Å². The van der Waals surface area contributed by atoms with Gasteiger partial charge in [0.15, 0.2) is 0 Å². The summed E-state index contributed by atoms with van der Waals surface area (Å²) < 4.78 is 14.6. The van der Waals surface area contributed by atoms with Crippen molar-refractivity contribution in [2.24, 2.45) is 0 Å². The number of aryl methyl sites for hydroxylation is 1. The van der Waals surface area contributed by atoms with E-state index in [2.05, 4.69) is 9.47 Å². The third kappa shape index (κ3) is 2.25. The summed E-state index contributed by atoms with van der Waals surface area (Å²) >= 11 is 0. The maximum absolute atomic E-state index is 11.7. The summed E-state index contributed by atoms with van der Waals surface area (Å²) in [6.45, 7) is 1.59. The predicted octanol–water partition coefficient (Wildman–Crippen LogP) is 1.23. The number of esters is 2. The lowest BCUT2D eigenvalue weighted by molar-refractivity contribution is 0.0556. The molecule has 94 valence electrons. The number of nitrogens with zero attached hydrogens (tertiary/aromatic N) is 1. The lowest BCUT2D eigenvalue weighted by Gasteiger charge is -2.10. The largest absolute Gasteiger partial charge is 0.465 e. The highest BCUT2D eigenvalue weighted by Crippen LogP contribution is 2.30. The van der Waals surface area contributed by atoms with Crippen LogP contribution >= 0.6 is 0 Å². The van der Waals surface area contributed by atoms with Gasteiger partial charge in [-0.15, -0.1) is 0 Å². The van der Waals surface area contributed by atoms with E-state index in [0.29, 0.717) is 5.76 Å². The van der Waals surface area contributed by atoms with E-state index in [9.17, 15) is 9.59 Å². The lowest BCUT2D eigenvalue weighted by Crippen LogP contribution is -2.16. The van der Waals surface area contributed by atoms with Gasteiger partial charge in [-0.05, 0) is 6.92 Å². The molecule has 1 heterocycles. The minimum absolute atomic E-state index is 0.0850. The van der Waals surface area contributed by atoms with Crippen molar-refractivity contribution < 1.29 is 23.5 Å². The topological polar surface area (TPSA) is 69.0 Å². The molecular formula is C11H15NO5. The van der Waals surface area contributed by atoms with E-state index >= 15 is 0 Å². The van der Waals surface area contributed by atoms with Gasteiger partial charge in [0.05, 0.1) is 14.2 Å². The van der Waals surface area contributed by atoms with E-state index in [4.69, 9.17) is 4.42 Å². The average molecular weight is 241 g/mol. The van der Waals surface area contributed by atoms with Gasteiger partial charge in [-0.2, -0.15) is 0 Å². The molecule has 0 unspecified atom stereocenters. The van der Waals surface area contributed by atoms with Crippen LogP contribution in [-0.4, -0.2) is 40.3 Å². The van der Waals surface area contributed by atoms with E-state index < -0.39 is 11.9 Å². The van der Waals surface area contributed by atoms with Gasteiger partial charge in [0, 0.05) is 14.1 Å². The second-order valence-corrected chi connectivity index (χ2v) is 3.59. The van der Waals surface area contributed by atoms with Crippen molar-refractivity contribution in [3.63, 3.8) is 0 Å². The minimum atomic E-state index is -0.633. The van der Waals surface area contributed by atoms with Gasteiger partial charge in [-0.1, -0.05) is 0 Å². The highest BCUT2D eigenvalue weighted by Gasteiger charge is 2.30. The Morgan fingerprint density at radius 1 is 1.06 bits per heavy atom. The highest BCUT2D eigenvalue weighted by atomic mass is 16.5. The molecule has 1 aromatic rings. The Labute approximate surface area is 99.1 Å². The molecule has 0 atom stereocenters. The molecule has 0 amide bonds. The van der Waals surface area contributed by atoms with Gasteiger partial charge < -0.3 is 18.8 Å². The number of ether oxygens (including phenoxy) is 2. The number of anilines is 1. The van der Waals surface area contributed by atoms with Crippen LogP contribution in [0.25, 0.3) is 0 Å². The Balaban J connectivity index is 3.47. The Kier molecular flexibility index (Phi) is 3.77. The fraction of sp³-hybridized carbons (Fsp3) is 0.455. The van der Waals surface area contributed by atoms with Crippen LogP contribution in [0.2, 0.25) is 0 Å². The highest BCUT2D eigenvalue weighted by molar-refractivity contribution is 6.07. The molecule has 0 aliphatic carbocycles. The maximum atomic E-state index is 11.7. The SMILES string of the molecule is COC(=O)c1c(C)oc(N(C)C)c1C(=O)OC. The number of rotatable bonds is 3. The standard InChI is InChI=1S/C11H15NO5/c1-6-7(10(13)15-4)8(11(14)16-5)9(17-6)12(2)3/h1-5H3. The van der Waals surface area contributed by atoms with E-state index in [1.54, 1.807) is 25.9 Å². The van der Waals surface area contributed by atoms with Crippen molar-refractivity contribution in [1.82, 2.24) is 0 Å². The van der Waals surface area contributed by atoms with E-state index in [1.807, 2.05) is 0 Å². The molecule has 0 bridgehead atoms. The number of methoxy groups -OCH3 is 2. The van der Waals surface area contributed by atoms with Crippen molar-refractivity contribution in [1.29, 1.82) is 0 Å². The molecule has 0 fully saturated rings. The van der Waals surface area contributed by atoms with Crippen LogP contribution in [0, 0.1) is 6.92 Å². The molecule has 0 saturated heterocycles. The van der Waals surface area contributed by atoms with Gasteiger partial charge in [0.2, 0.25) is 5.88 Å². The second-order valence-electron chi connectivity index (χ2n) is 3.59. The number of furan rings is 1. The predicted molar refractivity (Wildman–Crippen MR) is 60.5 cm³/mol. The van der Waals surface area contributed by atoms with Crippen molar-refractivity contribution in [3.8, 4) is 0 Å². The van der Waals surface area contributed by atoms with E-state index in [0.717, 1.165) is 0 Å². The molecular weight excluding hydrogens is 226 g/mol. The maximum Gasteiger partial charge on any atom is 0.344 e. The molecule has 0 radical (unpaired) electrons. The van der Waals surface area contributed by atoms with Crippen molar-refractivity contribution in [2.45, 2.75) is 6.92 Å². The van der Waals surface area contributed by atoms with Crippen LogP contribution in [0.4, 0.5) is 5.88 Å². The lowest BCUT2D eigenvalue weighted by atomic mass is 10.1. The molecule has 6 nitrogen and oxygen atoms in total. The first-order chi connectivity index (χ1) is 7.93. The summed E-state index contributed by atoms with van der Waals surface area (Å²) in [6, 6.07) is 0. The number of hydrogen-bond donors (Lipinski definition) is 0. The quantitative estimate of drug-likeness (QED) is 0.741. The van der Waals surface area contributed by atoms with Crippen molar-refractivity contribution in [3.05, 3.63) is 16.9 Å². The van der Waals surface area contributed by atoms with Gasteiger partial charge in [-0.3, -0.25) is 0 Å². The molecule has 0 spiro atoms. The smallest absolute Gasteiger partial charge is 0.344 e. The van der Waals surface area contributed by atoms with Crippen molar-refractivity contribution >= 4 is 17.8 Å². The monoisotopic (exact) mass is 241 g/mol. The summed E-state index contributed by atoms with van der Waals surface area (Å²) in [5, 5.41) is 0. The van der Waals surface area contributed by atoms with Gasteiger partial charge in [-0.25, -0.2) is 9.59 Å². The first-order valence-corrected chi connectivity index (χ1v) is 4.91. The number of hydrogen-bond acceptors (Lipinski definition) is 6.